The summed E-state index contributed by atoms with van der Waals surface area (Å²) in [5.41, 5.74) is 1.86. The fourth-order valence-electron chi connectivity index (χ4n) is 3.19. The Kier molecular flexibility index (Phi) is 8.38. The SMILES string of the molecule is Cc1ccc(C(=O)Nc2ccc(S(=O)(=O)C(CCOC(=O)Nc3cccc(F)c3)C(=O)O)cc2)cc1. The number of anilines is 2. The van der Waals surface area contributed by atoms with E-state index in [-0.39, 0.29) is 16.5 Å². The number of carbonyl (C=O) groups is 3. The number of hydrogen-bond acceptors (Lipinski definition) is 6. The summed E-state index contributed by atoms with van der Waals surface area (Å²) in [5, 5.41) is 12.5. The van der Waals surface area contributed by atoms with Gasteiger partial charge < -0.3 is 15.2 Å². The Morgan fingerprint density at radius 2 is 1.61 bits per heavy atom. The molecule has 1 unspecified atom stereocenters. The lowest BCUT2D eigenvalue weighted by Crippen LogP contribution is -2.32. The summed E-state index contributed by atoms with van der Waals surface area (Å²) in [4.78, 5) is 35.6. The number of nitrogens with one attached hydrogen (secondary N) is 2. The van der Waals surface area contributed by atoms with Gasteiger partial charge >= 0.3 is 12.1 Å². The lowest BCUT2D eigenvalue weighted by Gasteiger charge is -2.15. The number of benzene rings is 3. The summed E-state index contributed by atoms with van der Waals surface area (Å²) in [5.74, 6) is -2.57. The van der Waals surface area contributed by atoms with E-state index in [4.69, 9.17) is 4.74 Å². The van der Waals surface area contributed by atoms with Gasteiger partial charge in [-0.15, -0.1) is 0 Å². The van der Waals surface area contributed by atoms with Crippen molar-refractivity contribution in [1.29, 1.82) is 0 Å². The van der Waals surface area contributed by atoms with Crippen molar-refractivity contribution in [3.05, 3.63) is 89.7 Å². The average molecular weight is 515 g/mol. The molecule has 3 rings (SSSR count). The van der Waals surface area contributed by atoms with Crippen LogP contribution < -0.4 is 10.6 Å². The Hall–Kier alpha value is -4.25. The number of halogens is 1. The monoisotopic (exact) mass is 514 g/mol. The summed E-state index contributed by atoms with van der Waals surface area (Å²) in [6.45, 7) is 1.38. The second kappa shape index (κ2) is 11.5. The predicted octanol–water partition coefficient (Wildman–Crippen LogP) is 4.25. The molecule has 0 aliphatic heterocycles. The minimum absolute atomic E-state index is 0.122. The van der Waals surface area contributed by atoms with E-state index in [1.54, 1.807) is 24.3 Å². The summed E-state index contributed by atoms with van der Waals surface area (Å²) < 4.78 is 43.9. The highest BCUT2D eigenvalue weighted by Gasteiger charge is 2.34. The molecule has 0 radical (unpaired) electrons. The van der Waals surface area contributed by atoms with E-state index in [0.29, 0.717) is 11.3 Å². The molecule has 0 saturated carbocycles. The first-order chi connectivity index (χ1) is 17.1. The predicted molar refractivity (Wildman–Crippen MR) is 130 cm³/mol. The molecule has 11 heteroatoms. The molecule has 36 heavy (non-hydrogen) atoms. The molecular formula is C25H23FN2O7S. The number of rotatable bonds is 9. The summed E-state index contributed by atoms with van der Waals surface area (Å²) in [7, 11) is -4.34. The molecule has 188 valence electrons. The van der Waals surface area contributed by atoms with Crippen LogP contribution in [0.25, 0.3) is 0 Å². The van der Waals surface area contributed by atoms with Gasteiger partial charge in [0.2, 0.25) is 0 Å². The maximum absolute atomic E-state index is 13.2. The van der Waals surface area contributed by atoms with Crippen LogP contribution in [-0.4, -0.2) is 43.4 Å². The first-order valence-electron chi connectivity index (χ1n) is 10.7. The zero-order valence-corrected chi connectivity index (χ0v) is 19.9. The molecule has 0 heterocycles. The second-order valence-electron chi connectivity index (χ2n) is 7.78. The van der Waals surface area contributed by atoms with Crippen LogP contribution >= 0.6 is 0 Å². The molecule has 0 fully saturated rings. The third-order valence-corrected chi connectivity index (χ3v) is 7.20. The highest BCUT2D eigenvalue weighted by molar-refractivity contribution is 7.92. The van der Waals surface area contributed by atoms with Gasteiger partial charge in [-0.2, -0.15) is 0 Å². The van der Waals surface area contributed by atoms with E-state index >= 15 is 0 Å². The maximum atomic E-state index is 13.2. The highest BCUT2D eigenvalue weighted by Crippen LogP contribution is 2.22. The van der Waals surface area contributed by atoms with Crippen LogP contribution in [0.4, 0.5) is 20.6 Å². The first-order valence-corrected chi connectivity index (χ1v) is 12.2. The Labute approximate surface area is 206 Å². The number of carboxylic acids is 1. The Morgan fingerprint density at radius 3 is 2.22 bits per heavy atom. The van der Waals surface area contributed by atoms with E-state index in [1.165, 1.54) is 42.5 Å². The molecule has 0 spiro atoms. The standard InChI is InChI=1S/C25H23FN2O7S/c1-16-5-7-17(8-6-16)23(29)27-19-9-11-21(12-10-19)36(33,34)22(24(30)31)13-14-35-25(32)28-20-4-2-3-18(26)15-20/h2-12,15,22H,13-14H2,1H3,(H,27,29)(H,28,32)(H,30,31). The third kappa shape index (κ3) is 6.89. The topological polar surface area (TPSA) is 139 Å². The normalized spacial score (nSPS) is 11.8. The van der Waals surface area contributed by atoms with Crippen molar-refractivity contribution >= 4 is 39.2 Å². The molecule has 9 nitrogen and oxygen atoms in total. The lowest BCUT2D eigenvalue weighted by molar-refractivity contribution is -0.136. The number of ether oxygens (including phenoxy) is 1. The molecule has 0 saturated heterocycles. The van der Waals surface area contributed by atoms with Crippen molar-refractivity contribution < 1.29 is 37.0 Å². The van der Waals surface area contributed by atoms with Gasteiger partial charge in [-0.1, -0.05) is 23.8 Å². The smallest absolute Gasteiger partial charge is 0.411 e. The second-order valence-corrected chi connectivity index (χ2v) is 9.91. The Bertz CT molecular complexity index is 1360. The van der Waals surface area contributed by atoms with Gasteiger partial charge in [-0.25, -0.2) is 17.6 Å². The molecule has 0 aliphatic rings. The third-order valence-electron chi connectivity index (χ3n) is 5.09. The van der Waals surface area contributed by atoms with E-state index in [0.717, 1.165) is 11.6 Å². The van der Waals surface area contributed by atoms with E-state index in [1.807, 2.05) is 6.92 Å². The zero-order chi connectivity index (χ0) is 26.3. The van der Waals surface area contributed by atoms with Gasteiger partial charge in [-0.05, 0) is 61.5 Å². The quantitative estimate of drug-likeness (QED) is 0.388. The maximum Gasteiger partial charge on any atom is 0.411 e. The van der Waals surface area contributed by atoms with Gasteiger partial charge in [-0.3, -0.25) is 14.9 Å². The average Bonchev–Trinajstić information content (AvgIpc) is 2.82. The van der Waals surface area contributed by atoms with Crippen molar-refractivity contribution in [3.8, 4) is 0 Å². The minimum atomic E-state index is -4.34. The highest BCUT2D eigenvalue weighted by atomic mass is 32.2. The van der Waals surface area contributed by atoms with E-state index in [2.05, 4.69) is 10.6 Å². The van der Waals surface area contributed by atoms with Crippen molar-refractivity contribution in [2.75, 3.05) is 17.2 Å². The van der Waals surface area contributed by atoms with Crippen LogP contribution in [-0.2, 0) is 19.4 Å². The molecule has 3 N–H and O–H groups in total. The summed E-state index contributed by atoms with van der Waals surface area (Å²) in [6.07, 6.45) is -1.50. The van der Waals surface area contributed by atoms with Crippen LogP contribution in [0, 0.1) is 12.7 Å². The fourth-order valence-corrected chi connectivity index (χ4v) is 4.71. The fraction of sp³-hybridized carbons (Fsp3) is 0.160. The number of aliphatic carboxylic acids is 1. The van der Waals surface area contributed by atoms with E-state index < -0.39 is 46.0 Å². The van der Waals surface area contributed by atoms with Gasteiger partial charge in [0.15, 0.2) is 15.1 Å². The zero-order valence-electron chi connectivity index (χ0n) is 19.1. The molecule has 3 aromatic carbocycles. The van der Waals surface area contributed by atoms with Crippen molar-refractivity contribution in [3.63, 3.8) is 0 Å². The van der Waals surface area contributed by atoms with Crippen molar-refractivity contribution in [2.24, 2.45) is 0 Å². The van der Waals surface area contributed by atoms with Crippen LogP contribution in [0.2, 0.25) is 0 Å². The molecule has 0 aromatic heterocycles. The number of carboxylic acid groups (broad SMARTS) is 1. The largest absolute Gasteiger partial charge is 0.480 e. The van der Waals surface area contributed by atoms with Crippen molar-refractivity contribution in [2.45, 2.75) is 23.5 Å². The number of sulfone groups is 1. The van der Waals surface area contributed by atoms with E-state index in [9.17, 15) is 32.3 Å². The molecule has 3 aromatic rings. The lowest BCUT2D eigenvalue weighted by atomic mass is 10.1. The van der Waals surface area contributed by atoms with Gasteiger partial charge in [0, 0.05) is 23.4 Å². The molecule has 2 amide bonds. The molecule has 0 bridgehead atoms. The molecule has 1 atom stereocenters. The number of aryl methyl sites for hydroxylation is 1. The summed E-state index contributed by atoms with van der Waals surface area (Å²) in [6, 6.07) is 17.0. The number of amides is 2. The van der Waals surface area contributed by atoms with Crippen LogP contribution in [0.5, 0.6) is 0 Å². The first kappa shape index (κ1) is 26.4. The van der Waals surface area contributed by atoms with Crippen LogP contribution in [0.3, 0.4) is 0 Å². The van der Waals surface area contributed by atoms with Gasteiger partial charge in [0.05, 0.1) is 11.5 Å². The van der Waals surface area contributed by atoms with Crippen LogP contribution in [0.15, 0.2) is 77.7 Å². The molecular weight excluding hydrogens is 491 g/mol. The van der Waals surface area contributed by atoms with Crippen LogP contribution in [0.1, 0.15) is 22.3 Å². The van der Waals surface area contributed by atoms with Crippen molar-refractivity contribution in [1.82, 2.24) is 0 Å². The van der Waals surface area contributed by atoms with Gasteiger partial charge in [0.1, 0.15) is 5.82 Å². The minimum Gasteiger partial charge on any atom is -0.480 e. The summed E-state index contributed by atoms with van der Waals surface area (Å²) >= 11 is 0. The van der Waals surface area contributed by atoms with Gasteiger partial charge in [0.25, 0.3) is 5.91 Å². The Balaban J connectivity index is 1.61. The Morgan fingerprint density at radius 1 is 0.944 bits per heavy atom. The number of hydrogen-bond donors (Lipinski definition) is 3. The number of carbonyl (C=O) groups excluding carboxylic acids is 2. The molecule has 0 aliphatic carbocycles.